The fourth-order valence-corrected chi connectivity index (χ4v) is 1.71. The normalized spacial score (nSPS) is 17.9. The van der Waals surface area contributed by atoms with Gasteiger partial charge in [-0.2, -0.15) is 0 Å². The Morgan fingerprint density at radius 1 is 1.57 bits per heavy atom. The number of carbonyl (C=O) groups excluding carboxylic acids is 1. The minimum absolute atomic E-state index is 0.0599. The lowest BCUT2D eigenvalue weighted by Crippen LogP contribution is -2.45. The molecule has 3 N–H and O–H groups in total. The first kappa shape index (κ1) is 11.4. The van der Waals surface area contributed by atoms with Crippen molar-refractivity contribution in [2.75, 3.05) is 0 Å². The lowest BCUT2D eigenvalue weighted by Gasteiger charge is -2.17. The Bertz CT molecular complexity index is 236. The van der Waals surface area contributed by atoms with Crippen LogP contribution in [-0.2, 0) is 4.79 Å². The van der Waals surface area contributed by atoms with Gasteiger partial charge in [-0.05, 0) is 24.7 Å². The Labute approximate surface area is 90.4 Å². The standard InChI is InChI=1S/C10H18N2OS/c1-6(2)5-8(13)12-9(10(11)14)7-3-4-7/h6-7,9H,3-5H2,1-2H3,(H2,11,14)(H,12,13). The largest absolute Gasteiger partial charge is 0.392 e. The van der Waals surface area contributed by atoms with Gasteiger partial charge in [0.25, 0.3) is 0 Å². The highest BCUT2D eigenvalue weighted by atomic mass is 32.1. The van der Waals surface area contributed by atoms with Gasteiger partial charge in [0.15, 0.2) is 0 Å². The fraction of sp³-hybridized carbons (Fsp3) is 0.800. The van der Waals surface area contributed by atoms with Crippen LogP contribution in [0.4, 0.5) is 0 Å². The SMILES string of the molecule is CC(C)CC(=O)NC(C(N)=S)C1CC1. The van der Waals surface area contributed by atoms with E-state index in [2.05, 4.69) is 5.32 Å². The van der Waals surface area contributed by atoms with E-state index < -0.39 is 0 Å². The van der Waals surface area contributed by atoms with Crippen LogP contribution < -0.4 is 11.1 Å². The van der Waals surface area contributed by atoms with Crippen molar-refractivity contribution in [1.29, 1.82) is 0 Å². The molecule has 1 saturated carbocycles. The molecule has 1 atom stereocenters. The van der Waals surface area contributed by atoms with Crippen LogP contribution in [0.3, 0.4) is 0 Å². The predicted octanol–water partition coefficient (Wildman–Crippen LogP) is 1.21. The summed E-state index contributed by atoms with van der Waals surface area (Å²) in [7, 11) is 0. The molecule has 0 aliphatic heterocycles. The average Bonchev–Trinajstić information content (AvgIpc) is 2.80. The Hall–Kier alpha value is -0.640. The second kappa shape index (κ2) is 4.73. The fourth-order valence-electron chi connectivity index (χ4n) is 1.45. The van der Waals surface area contributed by atoms with Crippen molar-refractivity contribution in [3.63, 3.8) is 0 Å². The van der Waals surface area contributed by atoms with Crippen LogP contribution in [0, 0.1) is 11.8 Å². The number of hydrogen-bond acceptors (Lipinski definition) is 2. The van der Waals surface area contributed by atoms with Crippen molar-refractivity contribution in [1.82, 2.24) is 5.32 Å². The number of carbonyl (C=O) groups is 1. The van der Waals surface area contributed by atoms with E-state index in [0.717, 1.165) is 12.8 Å². The van der Waals surface area contributed by atoms with E-state index in [4.69, 9.17) is 18.0 Å². The summed E-state index contributed by atoms with van der Waals surface area (Å²) < 4.78 is 0. The molecule has 1 unspecified atom stereocenters. The quantitative estimate of drug-likeness (QED) is 0.676. The summed E-state index contributed by atoms with van der Waals surface area (Å²) in [6.45, 7) is 4.04. The van der Waals surface area contributed by atoms with Gasteiger partial charge < -0.3 is 11.1 Å². The van der Waals surface area contributed by atoms with E-state index in [1.165, 1.54) is 0 Å². The van der Waals surface area contributed by atoms with Crippen molar-refractivity contribution in [2.45, 2.75) is 39.2 Å². The minimum atomic E-state index is -0.0729. The topological polar surface area (TPSA) is 55.1 Å². The molecule has 1 aliphatic rings. The lowest BCUT2D eigenvalue weighted by atomic mass is 10.1. The summed E-state index contributed by atoms with van der Waals surface area (Å²) in [6.07, 6.45) is 2.81. The van der Waals surface area contributed by atoms with Crippen molar-refractivity contribution in [3.8, 4) is 0 Å². The molecule has 0 aromatic heterocycles. The third-order valence-electron chi connectivity index (χ3n) is 2.31. The zero-order valence-electron chi connectivity index (χ0n) is 8.75. The van der Waals surface area contributed by atoms with Crippen LogP contribution in [0.5, 0.6) is 0 Å². The maximum atomic E-state index is 11.5. The number of amides is 1. The molecule has 1 amide bonds. The van der Waals surface area contributed by atoms with Gasteiger partial charge in [0, 0.05) is 6.42 Å². The Morgan fingerprint density at radius 2 is 2.14 bits per heavy atom. The molecular weight excluding hydrogens is 196 g/mol. The van der Waals surface area contributed by atoms with E-state index in [0.29, 0.717) is 23.2 Å². The summed E-state index contributed by atoms with van der Waals surface area (Å²) in [6, 6.07) is -0.0729. The number of rotatable bonds is 5. The Balaban J connectivity index is 2.39. The van der Waals surface area contributed by atoms with Crippen molar-refractivity contribution < 1.29 is 4.79 Å². The second-order valence-corrected chi connectivity index (χ2v) is 4.85. The molecule has 0 aromatic carbocycles. The van der Waals surface area contributed by atoms with Gasteiger partial charge in [0.1, 0.15) is 0 Å². The van der Waals surface area contributed by atoms with E-state index >= 15 is 0 Å². The Kier molecular flexibility index (Phi) is 3.86. The first-order chi connectivity index (χ1) is 6.50. The Morgan fingerprint density at radius 3 is 2.50 bits per heavy atom. The monoisotopic (exact) mass is 214 g/mol. The molecule has 0 heterocycles. The average molecular weight is 214 g/mol. The number of thiocarbonyl (C=S) groups is 1. The highest BCUT2D eigenvalue weighted by molar-refractivity contribution is 7.80. The number of hydrogen-bond donors (Lipinski definition) is 2. The van der Waals surface area contributed by atoms with Crippen LogP contribution in [0.1, 0.15) is 33.1 Å². The maximum Gasteiger partial charge on any atom is 0.220 e. The predicted molar refractivity (Wildman–Crippen MR) is 60.9 cm³/mol. The first-order valence-electron chi connectivity index (χ1n) is 5.09. The molecule has 4 heteroatoms. The van der Waals surface area contributed by atoms with E-state index in [-0.39, 0.29) is 11.9 Å². The molecule has 1 aliphatic carbocycles. The zero-order valence-corrected chi connectivity index (χ0v) is 9.56. The minimum Gasteiger partial charge on any atom is -0.392 e. The summed E-state index contributed by atoms with van der Waals surface area (Å²) in [4.78, 5) is 11.9. The van der Waals surface area contributed by atoms with Crippen LogP contribution in [0.25, 0.3) is 0 Å². The summed E-state index contributed by atoms with van der Waals surface area (Å²) >= 11 is 4.93. The van der Waals surface area contributed by atoms with Crippen LogP contribution in [-0.4, -0.2) is 16.9 Å². The van der Waals surface area contributed by atoms with E-state index in [1.807, 2.05) is 13.8 Å². The highest BCUT2D eigenvalue weighted by Gasteiger charge is 2.33. The molecule has 80 valence electrons. The molecule has 0 spiro atoms. The molecule has 1 rings (SSSR count). The number of nitrogens with two attached hydrogens (primary N) is 1. The molecule has 0 bridgehead atoms. The van der Waals surface area contributed by atoms with Gasteiger partial charge in [0.05, 0.1) is 11.0 Å². The van der Waals surface area contributed by atoms with Gasteiger partial charge in [-0.3, -0.25) is 4.79 Å². The third kappa shape index (κ3) is 3.62. The van der Waals surface area contributed by atoms with Crippen LogP contribution in [0.2, 0.25) is 0 Å². The summed E-state index contributed by atoms with van der Waals surface area (Å²) in [5, 5.41) is 2.90. The molecular formula is C10H18N2OS. The molecule has 0 aromatic rings. The summed E-state index contributed by atoms with van der Waals surface area (Å²) in [5.74, 6) is 0.925. The second-order valence-electron chi connectivity index (χ2n) is 4.38. The van der Waals surface area contributed by atoms with Gasteiger partial charge in [0.2, 0.25) is 5.91 Å². The van der Waals surface area contributed by atoms with Crippen LogP contribution in [0.15, 0.2) is 0 Å². The maximum absolute atomic E-state index is 11.5. The molecule has 0 radical (unpaired) electrons. The number of nitrogens with one attached hydrogen (secondary N) is 1. The summed E-state index contributed by atoms with van der Waals surface area (Å²) in [5.41, 5.74) is 5.57. The zero-order chi connectivity index (χ0) is 10.7. The highest BCUT2D eigenvalue weighted by Crippen LogP contribution is 2.32. The van der Waals surface area contributed by atoms with E-state index in [9.17, 15) is 4.79 Å². The smallest absolute Gasteiger partial charge is 0.220 e. The van der Waals surface area contributed by atoms with Crippen LogP contribution >= 0.6 is 12.2 Å². The van der Waals surface area contributed by atoms with Crippen molar-refractivity contribution in [2.24, 2.45) is 17.6 Å². The van der Waals surface area contributed by atoms with Gasteiger partial charge in [-0.25, -0.2) is 0 Å². The van der Waals surface area contributed by atoms with Gasteiger partial charge in [-0.1, -0.05) is 26.1 Å². The molecule has 1 fully saturated rings. The molecule has 14 heavy (non-hydrogen) atoms. The van der Waals surface area contributed by atoms with E-state index in [1.54, 1.807) is 0 Å². The first-order valence-corrected chi connectivity index (χ1v) is 5.50. The molecule has 3 nitrogen and oxygen atoms in total. The van der Waals surface area contributed by atoms with Crippen molar-refractivity contribution in [3.05, 3.63) is 0 Å². The van der Waals surface area contributed by atoms with Crippen molar-refractivity contribution >= 4 is 23.1 Å². The lowest BCUT2D eigenvalue weighted by molar-refractivity contribution is -0.122. The molecule has 0 saturated heterocycles. The van der Waals surface area contributed by atoms with Gasteiger partial charge in [-0.15, -0.1) is 0 Å². The van der Waals surface area contributed by atoms with Gasteiger partial charge >= 0.3 is 0 Å². The third-order valence-corrected chi connectivity index (χ3v) is 2.56.